The van der Waals surface area contributed by atoms with E-state index in [4.69, 9.17) is 5.21 Å². The van der Waals surface area contributed by atoms with Crippen molar-refractivity contribution in [2.24, 2.45) is 5.92 Å². The van der Waals surface area contributed by atoms with E-state index in [-0.39, 0.29) is 11.8 Å². The largest absolute Gasteiger partial charge is 0.361 e. The zero-order valence-electron chi connectivity index (χ0n) is 12.7. The summed E-state index contributed by atoms with van der Waals surface area (Å²) in [4.78, 5) is 14.9. The van der Waals surface area contributed by atoms with Crippen LogP contribution >= 0.6 is 0 Å². The van der Waals surface area contributed by atoms with Crippen LogP contribution in [0, 0.1) is 5.92 Å². The first kappa shape index (κ1) is 14.0. The molecule has 3 N–H and O–H groups in total. The van der Waals surface area contributed by atoms with Gasteiger partial charge in [-0.25, -0.2) is 5.48 Å². The summed E-state index contributed by atoms with van der Waals surface area (Å²) in [7, 11) is 0. The fraction of sp³-hybridized carbons (Fsp3) is 0.211. The molecule has 0 bridgehead atoms. The molecule has 1 amide bonds. The Labute approximate surface area is 134 Å². The highest BCUT2D eigenvalue weighted by Gasteiger charge is 2.24. The number of hydrogen-bond acceptors (Lipinski definition) is 2. The van der Waals surface area contributed by atoms with Crippen LogP contribution in [0.4, 0.5) is 0 Å². The van der Waals surface area contributed by atoms with Gasteiger partial charge >= 0.3 is 0 Å². The van der Waals surface area contributed by atoms with Crippen molar-refractivity contribution in [3.05, 3.63) is 59.8 Å². The van der Waals surface area contributed by atoms with Crippen molar-refractivity contribution in [3.63, 3.8) is 0 Å². The Morgan fingerprint density at radius 1 is 1.09 bits per heavy atom. The first-order valence-electron chi connectivity index (χ1n) is 7.88. The maximum absolute atomic E-state index is 11.7. The molecule has 1 aliphatic carbocycles. The van der Waals surface area contributed by atoms with Gasteiger partial charge in [0.25, 0.3) is 0 Å². The lowest BCUT2D eigenvalue weighted by molar-refractivity contribution is -0.133. The molecule has 1 unspecified atom stereocenters. The van der Waals surface area contributed by atoms with E-state index in [0.717, 1.165) is 29.5 Å². The number of aromatic amines is 1. The Bertz CT molecular complexity index is 882. The molecule has 1 atom stereocenters. The van der Waals surface area contributed by atoms with Gasteiger partial charge in [0.1, 0.15) is 0 Å². The van der Waals surface area contributed by atoms with Crippen molar-refractivity contribution in [2.45, 2.75) is 19.3 Å². The highest BCUT2D eigenvalue weighted by atomic mass is 16.5. The third-order valence-electron chi connectivity index (χ3n) is 4.80. The third kappa shape index (κ3) is 2.51. The van der Waals surface area contributed by atoms with Crippen LogP contribution in [0.2, 0.25) is 0 Å². The van der Waals surface area contributed by atoms with E-state index in [1.807, 2.05) is 6.20 Å². The summed E-state index contributed by atoms with van der Waals surface area (Å²) < 4.78 is 0. The average molecular weight is 306 g/mol. The van der Waals surface area contributed by atoms with Crippen LogP contribution in [0.3, 0.4) is 0 Å². The van der Waals surface area contributed by atoms with Gasteiger partial charge in [-0.1, -0.05) is 30.3 Å². The van der Waals surface area contributed by atoms with Gasteiger partial charge in [-0.05, 0) is 59.0 Å². The minimum absolute atomic E-state index is 0.145. The monoisotopic (exact) mass is 306 g/mol. The number of fused-ring (bicyclic) bond motifs is 2. The maximum Gasteiger partial charge on any atom is 0.246 e. The van der Waals surface area contributed by atoms with E-state index < -0.39 is 0 Å². The van der Waals surface area contributed by atoms with E-state index in [1.54, 1.807) is 5.48 Å². The number of H-pyrrole nitrogens is 1. The molecule has 1 aromatic heterocycles. The third-order valence-corrected chi connectivity index (χ3v) is 4.80. The summed E-state index contributed by atoms with van der Waals surface area (Å²) in [5.74, 6) is -0.428. The Kier molecular flexibility index (Phi) is 3.39. The van der Waals surface area contributed by atoms with Crippen molar-refractivity contribution in [3.8, 4) is 11.1 Å². The second kappa shape index (κ2) is 5.56. The molecule has 0 fully saturated rings. The number of nitrogens with one attached hydrogen (secondary N) is 2. The average Bonchev–Trinajstić information content (AvgIpc) is 3.07. The fourth-order valence-electron chi connectivity index (χ4n) is 3.48. The summed E-state index contributed by atoms with van der Waals surface area (Å²) in [6.07, 6.45) is 4.29. The van der Waals surface area contributed by atoms with Gasteiger partial charge in [0.2, 0.25) is 5.91 Å². The van der Waals surface area contributed by atoms with E-state index >= 15 is 0 Å². The number of carbonyl (C=O) groups excluding carboxylic acids is 1. The molecule has 1 aliphatic rings. The SMILES string of the molecule is O=C(NO)C1CCc2ccc(-c3ccc4cc[nH]c4c3)cc2C1. The molecule has 0 radical (unpaired) electrons. The number of amides is 1. The number of carbonyl (C=O) groups is 1. The van der Waals surface area contributed by atoms with E-state index in [9.17, 15) is 4.79 Å². The molecular formula is C19H18N2O2. The zero-order chi connectivity index (χ0) is 15.8. The minimum atomic E-state index is -0.283. The molecule has 23 heavy (non-hydrogen) atoms. The zero-order valence-corrected chi connectivity index (χ0v) is 12.7. The number of hydroxylamine groups is 1. The quantitative estimate of drug-likeness (QED) is 0.501. The van der Waals surface area contributed by atoms with Crippen molar-refractivity contribution in [2.75, 3.05) is 0 Å². The lowest BCUT2D eigenvalue weighted by Crippen LogP contribution is -2.31. The van der Waals surface area contributed by atoms with Crippen LogP contribution in [0.1, 0.15) is 17.5 Å². The molecule has 1 heterocycles. The number of benzene rings is 2. The Balaban J connectivity index is 1.70. The first-order valence-corrected chi connectivity index (χ1v) is 7.88. The molecule has 4 nitrogen and oxygen atoms in total. The van der Waals surface area contributed by atoms with Gasteiger partial charge in [0.05, 0.1) is 0 Å². The number of hydrogen-bond donors (Lipinski definition) is 3. The molecule has 4 heteroatoms. The molecule has 0 aliphatic heterocycles. The van der Waals surface area contributed by atoms with Crippen LogP contribution in [-0.4, -0.2) is 16.1 Å². The molecule has 116 valence electrons. The summed E-state index contributed by atoms with van der Waals surface area (Å²) in [6.45, 7) is 0. The Hall–Kier alpha value is -2.59. The number of aromatic nitrogens is 1. The predicted molar refractivity (Wildman–Crippen MR) is 89.2 cm³/mol. The maximum atomic E-state index is 11.7. The highest BCUT2D eigenvalue weighted by Crippen LogP contribution is 2.31. The summed E-state index contributed by atoms with van der Waals surface area (Å²) in [6, 6.07) is 14.9. The van der Waals surface area contributed by atoms with Crippen molar-refractivity contribution < 1.29 is 10.0 Å². The molecule has 0 spiro atoms. The summed E-state index contributed by atoms with van der Waals surface area (Å²) in [5.41, 5.74) is 7.74. The van der Waals surface area contributed by atoms with Gasteiger partial charge in [0.15, 0.2) is 0 Å². The van der Waals surface area contributed by atoms with Crippen molar-refractivity contribution in [1.82, 2.24) is 10.5 Å². The summed E-state index contributed by atoms with van der Waals surface area (Å²) >= 11 is 0. The lowest BCUT2D eigenvalue weighted by Gasteiger charge is -2.23. The normalized spacial score (nSPS) is 17.0. The molecule has 3 aromatic rings. The van der Waals surface area contributed by atoms with Crippen LogP contribution in [0.25, 0.3) is 22.0 Å². The van der Waals surface area contributed by atoms with E-state index in [0.29, 0.717) is 6.42 Å². The minimum Gasteiger partial charge on any atom is -0.361 e. The predicted octanol–water partition coefficient (Wildman–Crippen LogP) is 3.45. The van der Waals surface area contributed by atoms with Gasteiger partial charge in [-0.2, -0.15) is 0 Å². The smallest absolute Gasteiger partial charge is 0.246 e. The Morgan fingerprint density at radius 2 is 1.91 bits per heavy atom. The van der Waals surface area contributed by atoms with E-state index in [1.165, 1.54) is 16.5 Å². The number of rotatable bonds is 2. The fourth-order valence-corrected chi connectivity index (χ4v) is 3.48. The van der Waals surface area contributed by atoms with Crippen LogP contribution in [-0.2, 0) is 17.6 Å². The standard InChI is InChI=1S/C19H18N2O2/c22-19(21-23)16-6-2-12-1-4-14(9-17(12)10-16)15-5-3-13-7-8-20-18(13)11-15/h1,3-5,7-9,11,16,20,23H,2,6,10H2,(H,21,22). The molecule has 0 saturated carbocycles. The molecule has 0 saturated heterocycles. The Morgan fingerprint density at radius 3 is 2.78 bits per heavy atom. The lowest BCUT2D eigenvalue weighted by atomic mass is 9.82. The van der Waals surface area contributed by atoms with Gasteiger partial charge in [-0.3, -0.25) is 10.0 Å². The second-order valence-electron chi connectivity index (χ2n) is 6.18. The van der Waals surface area contributed by atoms with Gasteiger partial charge < -0.3 is 4.98 Å². The van der Waals surface area contributed by atoms with Crippen molar-refractivity contribution in [1.29, 1.82) is 0 Å². The topological polar surface area (TPSA) is 65.1 Å². The van der Waals surface area contributed by atoms with Gasteiger partial charge in [-0.15, -0.1) is 0 Å². The van der Waals surface area contributed by atoms with Crippen molar-refractivity contribution >= 4 is 16.8 Å². The molecule has 4 rings (SSSR count). The van der Waals surface area contributed by atoms with Crippen LogP contribution < -0.4 is 5.48 Å². The van der Waals surface area contributed by atoms with Gasteiger partial charge in [0, 0.05) is 17.6 Å². The number of aryl methyl sites for hydroxylation is 1. The first-order chi connectivity index (χ1) is 11.2. The highest BCUT2D eigenvalue weighted by molar-refractivity contribution is 5.85. The van der Waals surface area contributed by atoms with E-state index in [2.05, 4.69) is 47.4 Å². The summed E-state index contributed by atoms with van der Waals surface area (Å²) in [5, 5.41) is 10.0. The molecule has 2 aromatic carbocycles. The van der Waals surface area contributed by atoms with Crippen LogP contribution in [0.5, 0.6) is 0 Å². The second-order valence-corrected chi connectivity index (χ2v) is 6.18. The molecular weight excluding hydrogens is 288 g/mol. The van der Waals surface area contributed by atoms with Crippen LogP contribution in [0.15, 0.2) is 48.7 Å².